The lowest BCUT2D eigenvalue weighted by Crippen LogP contribution is -2.31. The normalized spacial score (nSPS) is 29.6. The highest BCUT2D eigenvalue weighted by Crippen LogP contribution is 2.49. The SMILES string of the molecule is Nc1ncnc2c1ncn2[C@H]1C[C@H](O)[C@@H](COP(O)(=S)O[C@H]2C[C@H](n3ccc(=O)[nH]c3=O)O[C@@H]2CO)O1. The molecule has 0 amide bonds. The first-order valence-electron chi connectivity index (χ1n) is 11.1. The summed E-state index contributed by atoms with van der Waals surface area (Å²) in [7, 11) is 0. The minimum atomic E-state index is -3.88. The molecule has 2 aliphatic heterocycles. The molecule has 3 aromatic rings. The Hall–Kier alpha value is -2.60. The number of aliphatic hydroxyl groups excluding tert-OH is 2. The molecule has 6 N–H and O–H groups in total. The minimum absolute atomic E-state index is 0.0445. The Morgan fingerprint density at radius 3 is 2.70 bits per heavy atom. The number of H-pyrrole nitrogens is 1. The number of nitrogens with one attached hydrogen (secondary N) is 1. The molecular weight excluding hydrogens is 533 g/mol. The molecule has 16 nitrogen and oxygen atoms in total. The van der Waals surface area contributed by atoms with Crippen LogP contribution in [0.3, 0.4) is 0 Å². The predicted molar refractivity (Wildman–Crippen MR) is 129 cm³/mol. The summed E-state index contributed by atoms with van der Waals surface area (Å²) in [4.78, 5) is 48.4. The van der Waals surface area contributed by atoms with Gasteiger partial charge in [-0.2, -0.15) is 0 Å². The van der Waals surface area contributed by atoms with Crippen molar-refractivity contribution in [3.63, 3.8) is 0 Å². The van der Waals surface area contributed by atoms with Crippen LogP contribution in [0.4, 0.5) is 5.82 Å². The van der Waals surface area contributed by atoms with Crippen LogP contribution in [0.15, 0.2) is 34.5 Å². The number of hydrogen-bond donors (Lipinski definition) is 5. The fourth-order valence-electron chi connectivity index (χ4n) is 4.29. The van der Waals surface area contributed by atoms with Crippen molar-refractivity contribution in [2.45, 2.75) is 49.7 Å². The van der Waals surface area contributed by atoms with Gasteiger partial charge in [0.25, 0.3) is 5.56 Å². The summed E-state index contributed by atoms with van der Waals surface area (Å²) in [5.74, 6) is 0.213. The predicted octanol–water partition coefficient (Wildman–Crippen LogP) is -1.49. The maximum atomic E-state index is 12.1. The first-order valence-corrected chi connectivity index (χ1v) is 13.7. The topological polar surface area (TPSA) is 222 Å². The van der Waals surface area contributed by atoms with Gasteiger partial charge in [-0.3, -0.25) is 18.9 Å². The Labute approximate surface area is 212 Å². The van der Waals surface area contributed by atoms with E-state index in [2.05, 4.69) is 19.9 Å². The molecule has 200 valence electrons. The summed E-state index contributed by atoms with van der Waals surface area (Å²) in [6.07, 6.45) is -0.844. The summed E-state index contributed by atoms with van der Waals surface area (Å²) in [5.41, 5.74) is 5.39. The van der Waals surface area contributed by atoms with E-state index in [-0.39, 0.29) is 25.3 Å². The van der Waals surface area contributed by atoms with Crippen molar-refractivity contribution in [2.75, 3.05) is 18.9 Å². The average molecular weight is 557 g/mol. The lowest BCUT2D eigenvalue weighted by Gasteiger charge is -2.24. The molecule has 0 spiro atoms. The lowest BCUT2D eigenvalue weighted by atomic mass is 10.2. The molecule has 2 aliphatic rings. The van der Waals surface area contributed by atoms with Crippen LogP contribution in [0, 0.1) is 0 Å². The first-order chi connectivity index (χ1) is 17.6. The van der Waals surface area contributed by atoms with E-state index in [0.717, 1.165) is 10.6 Å². The lowest BCUT2D eigenvalue weighted by molar-refractivity contribution is -0.0519. The van der Waals surface area contributed by atoms with Crippen molar-refractivity contribution in [1.29, 1.82) is 0 Å². The minimum Gasteiger partial charge on any atom is -0.394 e. The van der Waals surface area contributed by atoms with Gasteiger partial charge in [0.1, 0.15) is 36.5 Å². The van der Waals surface area contributed by atoms with Gasteiger partial charge in [-0.05, 0) is 11.8 Å². The van der Waals surface area contributed by atoms with Crippen molar-refractivity contribution < 1.29 is 33.6 Å². The standard InChI is InChI=1S/C19H24N7O9PS/c20-17-16-18(22-7-21-17)26(8-23-16)14-3-9(28)12(34-14)6-32-36(31,37)35-10-4-15(33-11(10)5-27)25-2-1-13(29)24-19(25)30/h1-2,7-12,14-15,27-28H,3-6H2,(H,31,37)(H2,20,21,22)(H,24,29,30)/t9-,10-,11+,12+,14+,15+,36?/m0/s1. The Morgan fingerprint density at radius 2 is 1.95 bits per heavy atom. The van der Waals surface area contributed by atoms with Crippen LogP contribution in [0.1, 0.15) is 25.3 Å². The van der Waals surface area contributed by atoms with E-state index in [0.29, 0.717) is 11.2 Å². The molecule has 1 unspecified atom stereocenters. The number of anilines is 1. The van der Waals surface area contributed by atoms with Gasteiger partial charge >= 0.3 is 12.4 Å². The van der Waals surface area contributed by atoms with Crippen LogP contribution in [0.2, 0.25) is 0 Å². The van der Waals surface area contributed by atoms with E-state index in [9.17, 15) is 24.7 Å². The maximum absolute atomic E-state index is 12.1. The highest BCUT2D eigenvalue weighted by Gasteiger charge is 2.41. The van der Waals surface area contributed by atoms with E-state index in [4.69, 9.17) is 36.1 Å². The summed E-state index contributed by atoms with van der Waals surface area (Å²) in [6, 6.07) is 1.15. The molecule has 0 aliphatic carbocycles. The number of rotatable bonds is 8. The molecular formula is C19H24N7O9PS. The molecule has 5 rings (SSSR count). The molecule has 0 aromatic carbocycles. The van der Waals surface area contributed by atoms with Crippen molar-refractivity contribution >= 4 is 35.5 Å². The van der Waals surface area contributed by atoms with Gasteiger partial charge in [0, 0.05) is 25.1 Å². The molecule has 0 bridgehead atoms. The molecule has 18 heteroatoms. The zero-order valence-corrected chi connectivity index (χ0v) is 20.8. The van der Waals surface area contributed by atoms with Gasteiger partial charge in [-0.25, -0.2) is 19.7 Å². The molecule has 5 heterocycles. The molecule has 7 atom stereocenters. The van der Waals surface area contributed by atoms with Crippen molar-refractivity contribution in [3.8, 4) is 0 Å². The highest BCUT2D eigenvalue weighted by atomic mass is 32.5. The highest BCUT2D eigenvalue weighted by molar-refractivity contribution is 8.07. The van der Waals surface area contributed by atoms with Gasteiger partial charge in [0.05, 0.1) is 31.7 Å². The second-order valence-corrected chi connectivity index (χ2v) is 11.3. The number of aromatic amines is 1. The molecule has 3 aromatic heterocycles. The second kappa shape index (κ2) is 10.3. The zero-order chi connectivity index (χ0) is 26.3. The summed E-state index contributed by atoms with van der Waals surface area (Å²) >= 11 is 5.12. The van der Waals surface area contributed by atoms with E-state index in [1.54, 1.807) is 4.57 Å². The number of aromatic nitrogens is 6. The fraction of sp³-hybridized carbons (Fsp3) is 0.526. The smallest absolute Gasteiger partial charge is 0.330 e. The van der Waals surface area contributed by atoms with E-state index in [1.165, 1.54) is 18.9 Å². The monoisotopic (exact) mass is 557 g/mol. The van der Waals surface area contributed by atoms with Gasteiger partial charge < -0.3 is 39.4 Å². The van der Waals surface area contributed by atoms with E-state index >= 15 is 0 Å². The Morgan fingerprint density at radius 1 is 1.19 bits per heavy atom. The molecule has 2 fully saturated rings. The third-order valence-electron chi connectivity index (χ3n) is 6.09. The van der Waals surface area contributed by atoms with Crippen LogP contribution in [0.5, 0.6) is 0 Å². The fourth-order valence-corrected chi connectivity index (χ4v) is 5.76. The molecule has 0 radical (unpaired) electrons. The number of aliphatic hydroxyl groups is 2. The van der Waals surface area contributed by atoms with Gasteiger partial charge in [0.15, 0.2) is 11.5 Å². The Kier molecular flexibility index (Phi) is 7.23. The summed E-state index contributed by atoms with van der Waals surface area (Å²) in [5, 5.41) is 20.2. The van der Waals surface area contributed by atoms with Crippen LogP contribution < -0.4 is 17.0 Å². The van der Waals surface area contributed by atoms with Crippen molar-refractivity contribution in [2.24, 2.45) is 0 Å². The number of ether oxygens (including phenoxy) is 2. The van der Waals surface area contributed by atoms with Gasteiger partial charge in [-0.15, -0.1) is 0 Å². The number of imidazole rings is 1. The van der Waals surface area contributed by atoms with E-state index < -0.39 is 61.4 Å². The first kappa shape index (κ1) is 26.0. The second-order valence-electron chi connectivity index (χ2n) is 8.49. The number of nitrogens with zero attached hydrogens (tertiary/aromatic N) is 5. The third-order valence-corrected chi connectivity index (χ3v) is 7.68. The molecule has 0 saturated carbocycles. The maximum Gasteiger partial charge on any atom is 0.330 e. The van der Waals surface area contributed by atoms with Crippen LogP contribution in [-0.2, 0) is 30.3 Å². The van der Waals surface area contributed by atoms with Crippen molar-refractivity contribution in [3.05, 3.63) is 45.8 Å². The van der Waals surface area contributed by atoms with Crippen molar-refractivity contribution in [1.82, 2.24) is 29.1 Å². The zero-order valence-electron chi connectivity index (χ0n) is 19.1. The molecule has 2 saturated heterocycles. The van der Waals surface area contributed by atoms with Gasteiger partial charge in [-0.1, -0.05) is 0 Å². The number of nitrogens with two attached hydrogens (primary N) is 1. The summed E-state index contributed by atoms with van der Waals surface area (Å²) < 4.78 is 25.3. The van der Waals surface area contributed by atoms with E-state index in [1.807, 2.05) is 0 Å². The number of nitrogen functional groups attached to an aromatic ring is 1. The number of fused-ring (bicyclic) bond motifs is 1. The third kappa shape index (κ3) is 5.36. The van der Waals surface area contributed by atoms with Crippen LogP contribution >= 0.6 is 6.72 Å². The van der Waals surface area contributed by atoms with Crippen LogP contribution in [0.25, 0.3) is 11.2 Å². The van der Waals surface area contributed by atoms with Crippen LogP contribution in [-0.4, -0.2) is 81.8 Å². The largest absolute Gasteiger partial charge is 0.394 e. The molecule has 37 heavy (non-hydrogen) atoms. The Bertz CT molecular complexity index is 1450. The Balaban J connectivity index is 1.21. The average Bonchev–Trinajstić information content (AvgIpc) is 3.54. The quantitative estimate of drug-likeness (QED) is 0.199. The number of hydrogen-bond acceptors (Lipinski definition) is 13. The summed E-state index contributed by atoms with van der Waals surface area (Å²) in [6.45, 7) is -4.65. The van der Waals surface area contributed by atoms with Gasteiger partial charge in [0.2, 0.25) is 0 Å².